The standard InChI is InChI=1S/C18H25N5O3S/c1-11(15(24)19-16(25)20-18(2,3)4)27-17-22-21-14(23(17)5)12-7-9-13(26-6)10-8-12/h7-11H,1-6H3,(H2,19,20,24,25)/t11-/m0/s1. The molecule has 1 atom stereocenters. The van der Waals surface area contributed by atoms with Crippen molar-refractivity contribution in [1.29, 1.82) is 0 Å². The van der Waals surface area contributed by atoms with E-state index in [2.05, 4.69) is 20.8 Å². The van der Waals surface area contributed by atoms with Crippen molar-refractivity contribution in [2.75, 3.05) is 7.11 Å². The topological polar surface area (TPSA) is 98.1 Å². The van der Waals surface area contributed by atoms with Crippen LogP contribution in [-0.4, -0.2) is 44.6 Å². The van der Waals surface area contributed by atoms with E-state index in [0.29, 0.717) is 11.0 Å². The molecule has 146 valence electrons. The Labute approximate surface area is 163 Å². The van der Waals surface area contributed by atoms with Gasteiger partial charge in [-0.1, -0.05) is 11.8 Å². The van der Waals surface area contributed by atoms with Crippen LogP contribution in [0.1, 0.15) is 27.7 Å². The lowest BCUT2D eigenvalue weighted by atomic mass is 10.1. The maximum atomic E-state index is 12.2. The predicted octanol–water partition coefficient (Wildman–Crippen LogP) is 2.60. The average molecular weight is 391 g/mol. The Bertz CT molecular complexity index is 811. The highest BCUT2D eigenvalue weighted by Gasteiger charge is 2.22. The molecule has 0 saturated carbocycles. The van der Waals surface area contributed by atoms with E-state index in [4.69, 9.17) is 4.74 Å². The van der Waals surface area contributed by atoms with E-state index in [-0.39, 0.29) is 0 Å². The summed E-state index contributed by atoms with van der Waals surface area (Å²) in [6.07, 6.45) is 0. The fraction of sp³-hybridized carbons (Fsp3) is 0.444. The first-order valence-electron chi connectivity index (χ1n) is 8.44. The molecule has 0 aliphatic rings. The van der Waals surface area contributed by atoms with Crippen LogP contribution in [0.3, 0.4) is 0 Å². The summed E-state index contributed by atoms with van der Waals surface area (Å²) in [5.41, 5.74) is 0.469. The SMILES string of the molecule is COc1ccc(-c2nnc(S[C@@H](C)C(=O)NC(=O)NC(C)(C)C)n2C)cc1. The summed E-state index contributed by atoms with van der Waals surface area (Å²) in [7, 11) is 3.44. The molecule has 1 aromatic carbocycles. The van der Waals surface area contributed by atoms with Gasteiger partial charge in [-0.2, -0.15) is 0 Å². The molecule has 0 saturated heterocycles. The molecule has 27 heavy (non-hydrogen) atoms. The first kappa shape index (κ1) is 20.8. The maximum Gasteiger partial charge on any atom is 0.321 e. The number of thioether (sulfide) groups is 1. The third-order valence-electron chi connectivity index (χ3n) is 3.56. The van der Waals surface area contributed by atoms with E-state index in [1.165, 1.54) is 11.8 Å². The third-order valence-corrected chi connectivity index (χ3v) is 4.69. The van der Waals surface area contributed by atoms with Gasteiger partial charge in [0, 0.05) is 18.2 Å². The molecule has 3 amide bonds. The van der Waals surface area contributed by atoms with Crippen molar-refractivity contribution < 1.29 is 14.3 Å². The molecule has 0 bridgehead atoms. The lowest BCUT2D eigenvalue weighted by Crippen LogP contribution is -2.49. The van der Waals surface area contributed by atoms with Crippen molar-refractivity contribution >= 4 is 23.7 Å². The molecule has 9 heteroatoms. The van der Waals surface area contributed by atoms with Crippen LogP contribution in [0, 0.1) is 0 Å². The maximum absolute atomic E-state index is 12.2. The van der Waals surface area contributed by atoms with Gasteiger partial charge in [-0.25, -0.2) is 4.79 Å². The summed E-state index contributed by atoms with van der Waals surface area (Å²) in [5.74, 6) is 1.04. The summed E-state index contributed by atoms with van der Waals surface area (Å²) < 4.78 is 6.97. The van der Waals surface area contributed by atoms with Gasteiger partial charge in [-0.3, -0.25) is 10.1 Å². The van der Waals surface area contributed by atoms with Crippen molar-refractivity contribution in [3.8, 4) is 17.1 Å². The van der Waals surface area contributed by atoms with Gasteiger partial charge in [-0.05, 0) is 52.0 Å². The number of carbonyl (C=O) groups excluding carboxylic acids is 2. The monoisotopic (exact) mass is 391 g/mol. The minimum atomic E-state index is -0.517. The Morgan fingerprint density at radius 3 is 2.37 bits per heavy atom. The van der Waals surface area contributed by atoms with E-state index in [1.807, 2.05) is 56.7 Å². The minimum Gasteiger partial charge on any atom is -0.497 e. The molecule has 0 aliphatic carbocycles. The molecule has 0 aliphatic heterocycles. The smallest absolute Gasteiger partial charge is 0.321 e. The lowest BCUT2D eigenvalue weighted by Gasteiger charge is -2.21. The highest BCUT2D eigenvalue weighted by molar-refractivity contribution is 8.00. The summed E-state index contributed by atoms with van der Waals surface area (Å²) in [6.45, 7) is 7.24. The van der Waals surface area contributed by atoms with Crippen molar-refractivity contribution in [2.24, 2.45) is 7.05 Å². The van der Waals surface area contributed by atoms with Crippen LogP contribution in [0.2, 0.25) is 0 Å². The molecule has 2 aromatic rings. The van der Waals surface area contributed by atoms with Crippen LogP contribution in [0.15, 0.2) is 29.4 Å². The van der Waals surface area contributed by atoms with Crippen LogP contribution in [0.4, 0.5) is 4.79 Å². The van der Waals surface area contributed by atoms with Crippen molar-refractivity contribution in [1.82, 2.24) is 25.4 Å². The normalized spacial score (nSPS) is 12.4. The number of ether oxygens (including phenoxy) is 1. The molecule has 1 aromatic heterocycles. The first-order chi connectivity index (χ1) is 12.6. The number of carbonyl (C=O) groups is 2. The summed E-state index contributed by atoms with van der Waals surface area (Å²) in [5, 5.41) is 13.5. The zero-order valence-electron chi connectivity index (χ0n) is 16.4. The fourth-order valence-electron chi connectivity index (χ4n) is 2.21. The molecule has 0 unspecified atom stereocenters. The molecule has 8 nitrogen and oxygen atoms in total. The first-order valence-corrected chi connectivity index (χ1v) is 9.32. The second-order valence-electron chi connectivity index (χ2n) is 7.05. The Balaban J connectivity index is 2.03. The molecular weight excluding hydrogens is 366 g/mol. The number of hydrogen-bond acceptors (Lipinski definition) is 6. The van der Waals surface area contributed by atoms with E-state index in [9.17, 15) is 9.59 Å². The Hall–Kier alpha value is -2.55. The largest absolute Gasteiger partial charge is 0.497 e. The highest BCUT2D eigenvalue weighted by Crippen LogP contribution is 2.26. The van der Waals surface area contributed by atoms with Crippen molar-refractivity contribution in [3.05, 3.63) is 24.3 Å². The number of aromatic nitrogens is 3. The Kier molecular flexibility index (Phi) is 6.48. The molecule has 2 rings (SSSR count). The number of hydrogen-bond donors (Lipinski definition) is 2. The summed E-state index contributed by atoms with van der Waals surface area (Å²) in [4.78, 5) is 24.1. The predicted molar refractivity (Wildman–Crippen MR) is 105 cm³/mol. The van der Waals surface area contributed by atoms with E-state index >= 15 is 0 Å². The van der Waals surface area contributed by atoms with Gasteiger partial charge in [0.25, 0.3) is 0 Å². The van der Waals surface area contributed by atoms with Gasteiger partial charge in [0.2, 0.25) is 5.91 Å². The second kappa shape index (κ2) is 8.43. The number of imide groups is 1. The Morgan fingerprint density at radius 2 is 1.81 bits per heavy atom. The third kappa shape index (κ3) is 5.72. The van der Waals surface area contributed by atoms with Gasteiger partial charge in [0.15, 0.2) is 11.0 Å². The summed E-state index contributed by atoms with van der Waals surface area (Å²) in [6, 6.07) is 6.97. The molecule has 0 radical (unpaired) electrons. The lowest BCUT2D eigenvalue weighted by molar-refractivity contribution is -0.119. The van der Waals surface area contributed by atoms with Crippen LogP contribution in [0.25, 0.3) is 11.4 Å². The highest BCUT2D eigenvalue weighted by atomic mass is 32.2. The number of benzene rings is 1. The zero-order chi connectivity index (χ0) is 20.2. The van der Waals surface area contributed by atoms with Crippen molar-refractivity contribution in [3.63, 3.8) is 0 Å². The number of nitrogens with one attached hydrogen (secondary N) is 2. The number of nitrogens with zero attached hydrogens (tertiary/aromatic N) is 3. The summed E-state index contributed by atoms with van der Waals surface area (Å²) >= 11 is 1.23. The van der Waals surface area contributed by atoms with Crippen LogP contribution >= 0.6 is 11.8 Å². The van der Waals surface area contributed by atoms with Gasteiger partial charge < -0.3 is 14.6 Å². The van der Waals surface area contributed by atoms with E-state index in [1.54, 1.807) is 14.0 Å². The number of rotatable bonds is 5. The quantitative estimate of drug-likeness (QED) is 0.760. The van der Waals surface area contributed by atoms with Gasteiger partial charge >= 0.3 is 6.03 Å². The average Bonchev–Trinajstić information content (AvgIpc) is 2.93. The van der Waals surface area contributed by atoms with Gasteiger partial charge in [-0.15, -0.1) is 10.2 Å². The number of urea groups is 1. The van der Waals surface area contributed by atoms with Crippen LogP contribution < -0.4 is 15.4 Å². The fourth-order valence-corrected chi connectivity index (χ4v) is 3.02. The van der Waals surface area contributed by atoms with Gasteiger partial charge in [0.1, 0.15) is 5.75 Å². The van der Waals surface area contributed by atoms with Gasteiger partial charge in [0.05, 0.1) is 12.4 Å². The Morgan fingerprint density at radius 1 is 1.19 bits per heavy atom. The van der Waals surface area contributed by atoms with Crippen molar-refractivity contribution in [2.45, 2.75) is 43.6 Å². The van der Waals surface area contributed by atoms with E-state index in [0.717, 1.165) is 11.3 Å². The zero-order valence-corrected chi connectivity index (χ0v) is 17.2. The molecule has 1 heterocycles. The number of amides is 3. The van der Waals surface area contributed by atoms with Crippen LogP contribution in [0.5, 0.6) is 5.75 Å². The molecule has 0 spiro atoms. The molecular formula is C18H25N5O3S. The molecule has 2 N–H and O–H groups in total. The number of methoxy groups -OCH3 is 1. The minimum absolute atomic E-state index is 0.393. The van der Waals surface area contributed by atoms with Crippen LogP contribution in [-0.2, 0) is 11.8 Å². The second-order valence-corrected chi connectivity index (χ2v) is 8.36. The van der Waals surface area contributed by atoms with E-state index < -0.39 is 22.7 Å². The molecule has 0 fully saturated rings.